The van der Waals surface area contributed by atoms with Gasteiger partial charge >= 0.3 is 0 Å². The molecule has 15 heavy (non-hydrogen) atoms. The highest BCUT2D eigenvalue weighted by Gasteiger charge is 2.44. The predicted molar refractivity (Wildman–Crippen MR) is 66.8 cm³/mol. The minimum Gasteiger partial charge on any atom is -0.339 e. The van der Waals surface area contributed by atoms with Crippen molar-refractivity contribution in [3.63, 3.8) is 0 Å². The van der Waals surface area contributed by atoms with Crippen molar-refractivity contribution in [3.8, 4) is 0 Å². The van der Waals surface area contributed by atoms with Gasteiger partial charge in [-0.25, -0.2) is 0 Å². The topological polar surface area (TPSA) is 32.3 Å². The fraction of sp³-hybridized carbons (Fsp3) is 0.900. The van der Waals surface area contributed by atoms with Gasteiger partial charge in [-0.05, 0) is 26.2 Å². The van der Waals surface area contributed by atoms with Gasteiger partial charge in [-0.1, -0.05) is 15.9 Å². The van der Waals surface area contributed by atoms with Crippen LogP contribution in [0.4, 0.5) is 0 Å². The highest BCUT2D eigenvalue weighted by Crippen LogP contribution is 2.41. The first-order valence-corrected chi connectivity index (χ1v) is 6.13. The lowest BCUT2D eigenvalue weighted by molar-refractivity contribution is -0.136. The van der Waals surface area contributed by atoms with Crippen molar-refractivity contribution in [2.75, 3.05) is 19.6 Å². The Labute approximate surface area is 106 Å². The molecule has 1 atom stereocenters. The van der Waals surface area contributed by atoms with Crippen molar-refractivity contribution in [2.45, 2.75) is 36.6 Å². The summed E-state index contributed by atoms with van der Waals surface area (Å²) in [6.45, 7) is 4.76. The third-order valence-electron chi connectivity index (χ3n) is 3.19. The normalized spacial score (nSPS) is 28.9. The molecule has 1 N–H and O–H groups in total. The maximum atomic E-state index is 12.1. The Morgan fingerprint density at radius 1 is 1.53 bits per heavy atom. The predicted octanol–water partition coefficient (Wildman–Crippen LogP) is 1.55. The van der Waals surface area contributed by atoms with Crippen molar-refractivity contribution in [1.29, 1.82) is 0 Å². The van der Waals surface area contributed by atoms with E-state index in [4.69, 9.17) is 0 Å². The third kappa shape index (κ3) is 2.66. The summed E-state index contributed by atoms with van der Waals surface area (Å²) < 4.78 is -0.204. The van der Waals surface area contributed by atoms with E-state index in [1.807, 2.05) is 4.90 Å². The van der Waals surface area contributed by atoms with Crippen LogP contribution in [0, 0.1) is 0 Å². The lowest BCUT2D eigenvalue weighted by atomic mass is 9.83. The average molecular weight is 298 g/mol. The first-order valence-electron chi connectivity index (χ1n) is 5.33. The summed E-state index contributed by atoms with van der Waals surface area (Å²) in [5.41, 5.74) is 0. The van der Waals surface area contributed by atoms with Crippen LogP contribution in [0.25, 0.3) is 0 Å². The molecule has 0 aromatic carbocycles. The smallest absolute Gasteiger partial charge is 0.239 e. The molecule has 0 aromatic rings. The highest BCUT2D eigenvalue weighted by molar-refractivity contribution is 9.10. The van der Waals surface area contributed by atoms with Crippen LogP contribution in [0.1, 0.15) is 26.2 Å². The molecule has 2 rings (SSSR count). The summed E-state index contributed by atoms with van der Waals surface area (Å²) in [5.74, 6) is 0.303. The first kappa shape index (κ1) is 13.3. The van der Waals surface area contributed by atoms with Crippen LogP contribution in [-0.2, 0) is 4.79 Å². The summed E-state index contributed by atoms with van der Waals surface area (Å²) in [7, 11) is 0. The van der Waals surface area contributed by atoms with Crippen LogP contribution in [0.15, 0.2) is 0 Å². The van der Waals surface area contributed by atoms with Gasteiger partial charge < -0.3 is 10.2 Å². The Bertz CT molecular complexity index is 246. The molecule has 3 nitrogen and oxygen atoms in total. The number of carbonyl (C=O) groups excluding carboxylic acids is 1. The molecule has 5 heteroatoms. The maximum absolute atomic E-state index is 12.1. The molecule has 0 bridgehead atoms. The van der Waals surface area contributed by atoms with E-state index in [2.05, 4.69) is 28.2 Å². The minimum atomic E-state index is -0.204. The Hall–Kier alpha value is 0.200. The number of hydrogen-bond donors (Lipinski definition) is 1. The molecule has 0 unspecified atom stereocenters. The molecule has 0 spiro atoms. The second kappa shape index (κ2) is 5.02. The Morgan fingerprint density at radius 2 is 2.20 bits per heavy atom. The van der Waals surface area contributed by atoms with E-state index in [1.165, 1.54) is 6.42 Å². The van der Waals surface area contributed by atoms with Crippen LogP contribution in [0.2, 0.25) is 0 Å². The van der Waals surface area contributed by atoms with E-state index in [9.17, 15) is 4.79 Å². The fourth-order valence-electron chi connectivity index (χ4n) is 2.10. The number of halogens is 2. The standard InChI is InChI=1S/C10H17BrN2O.ClH/c1-8-7-13(6-5-12-8)9(14)10(11)3-2-4-10;/h8,12H,2-7H2,1H3;1H/t8-;/m0./s1. The molecule has 0 radical (unpaired) electrons. The fourth-order valence-corrected chi connectivity index (χ4v) is 2.91. The molecule has 0 aromatic heterocycles. The molecular weight excluding hydrogens is 279 g/mol. The monoisotopic (exact) mass is 296 g/mol. The van der Waals surface area contributed by atoms with Gasteiger partial charge in [0.15, 0.2) is 0 Å². The maximum Gasteiger partial charge on any atom is 0.239 e. The summed E-state index contributed by atoms with van der Waals surface area (Å²) >= 11 is 3.58. The van der Waals surface area contributed by atoms with Crippen molar-refractivity contribution in [2.24, 2.45) is 0 Å². The number of alkyl halides is 1. The van der Waals surface area contributed by atoms with Crippen molar-refractivity contribution in [1.82, 2.24) is 10.2 Å². The summed E-state index contributed by atoms with van der Waals surface area (Å²) in [4.78, 5) is 14.1. The van der Waals surface area contributed by atoms with Gasteiger partial charge in [0.05, 0.1) is 0 Å². The number of rotatable bonds is 1. The quantitative estimate of drug-likeness (QED) is 0.745. The largest absolute Gasteiger partial charge is 0.339 e. The average Bonchev–Trinajstić information content (AvgIpc) is 2.13. The van der Waals surface area contributed by atoms with E-state index >= 15 is 0 Å². The second-order valence-electron chi connectivity index (χ2n) is 4.43. The van der Waals surface area contributed by atoms with Gasteiger partial charge in [0.25, 0.3) is 0 Å². The summed E-state index contributed by atoms with van der Waals surface area (Å²) in [6.07, 6.45) is 3.19. The molecule has 1 amide bonds. The molecule has 88 valence electrons. The molecule has 1 saturated carbocycles. The van der Waals surface area contributed by atoms with E-state index in [-0.39, 0.29) is 16.7 Å². The molecular formula is C10H18BrClN2O. The number of piperazine rings is 1. The lowest BCUT2D eigenvalue weighted by Crippen LogP contribution is -2.57. The summed E-state index contributed by atoms with van der Waals surface area (Å²) in [5, 5.41) is 3.35. The highest BCUT2D eigenvalue weighted by atomic mass is 79.9. The molecule has 1 saturated heterocycles. The van der Waals surface area contributed by atoms with E-state index in [0.717, 1.165) is 32.5 Å². The van der Waals surface area contributed by atoms with E-state index in [1.54, 1.807) is 0 Å². The van der Waals surface area contributed by atoms with Crippen LogP contribution < -0.4 is 5.32 Å². The second-order valence-corrected chi connectivity index (χ2v) is 5.94. The third-order valence-corrected chi connectivity index (χ3v) is 4.32. The van der Waals surface area contributed by atoms with Crippen molar-refractivity contribution >= 4 is 34.2 Å². The lowest BCUT2D eigenvalue weighted by Gasteiger charge is -2.41. The zero-order valence-corrected chi connectivity index (χ0v) is 11.4. The zero-order chi connectivity index (χ0) is 10.2. The molecule has 1 aliphatic heterocycles. The molecule has 1 aliphatic carbocycles. The number of nitrogens with one attached hydrogen (secondary N) is 1. The minimum absolute atomic E-state index is 0. The summed E-state index contributed by atoms with van der Waals surface area (Å²) in [6, 6.07) is 0.434. The Kier molecular flexibility index (Phi) is 4.44. The van der Waals surface area contributed by atoms with Crippen molar-refractivity contribution in [3.05, 3.63) is 0 Å². The zero-order valence-electron chi connectivity index (χ0n) is 8.96. The number of nitrogens with zero attached hydrogens (tertiary/aromatic N) is 1. The van der Waals surface area contributed by atoms with Gasteiger partial charge in [0, 0.05) is 25.7 Å². The van der Waals surface area contributed by atoms with Crippen LogP contribution in [-0.4, -0.2) is 40.8 Å². The van der Waals surface area contributed by atoms with Crippen molar-refractivity contribution < 1.29 is 4.79 Å². The molecule has 1 heterocycles. The van der Waals surface area contributed by atoms with Gasteiger partial charge in [0.2, 0.25) is 5.91 Å². The van der Waals surface area contributed by atoms with Crippen LogP contribution in [0.5, 0.6) is 0 Å². The number of carbonyl (C=O) groups is 1. The van der Waals surface area contributed by atoms with Gasteiger partial charge in [0.1, 0.15) is 4.32 Å². The van der Waals surface area contributed by atoms with Gasteiger partial charge in [-0.3, -0.25) is 4.79 Å². The molecule has 2 aliphatic rings. The molecule has 2 fully saturated rings. The Balaban J connectivity index is 0.00000112. The first-order chi connectivity index (χ1) is 6.62. The van der Waals surface area contributed by atoms with Gasteiger partial charge in [-0.15, -0.1) is 12.4 Å². The van der Waals surface area contributed by atoms with E-state index in [0.29, 0.717) is 11.9 Å². The Morgan fingerprint density at radius 3 is 2.67 bits per heavy atom. The SMILES string of the molecule is C[C@H]1CN(C(=O)C2(Br)CCC2)CCN1.Cl. The van der Waals surface area contributed by atoms with Gasteiger partial charge in [-0.2, -0.15) is 0 Å². The van der Waals surface area contributed by atoms with E-state index < -0.39 is 0 Å². The van der Waals surface area contributed by atoms with Crippen LogP contribution >= 0.6 is 28.3 Å². The number of hydrogen-bond acceptors (Lipinski definition) is 2. The van der Waals surface area contributed by atoms with Crippen LogP contribution in [0.3, 0.4) is 0 Å². The number of amides is 1.